The second-order valence-electron chi connectivity index (χ2n) is 7.86. The molecule has 3 N–H and O–H groups in total. The monoisotopic (exact) mass is 457 g/mol. The lowest BCUT2D eigenvalue weighted by Crippen LogP contribution is -2.19. The van der Waals surface area contributed by atoms with Gasteiger partial charge in [0.05, 0.1) is 0 Å². The molecule has 0 aliphatic heterocycles. The van der Waals surface area contributed by atoms with E-state index in [1.54, 1.807) is 0 Å². The largest absolute Gasteiger partial charge is 0.361 e. The molecule has 6 heteroatoms. The van der Waals surface area contributed by atoms with Crippen LogP contribution in [0.2, 0.25) is 0 Å². The van der Waals surface area contributed by atoms with Crippen molar-refractivity contribution in [2.75, 3.05) is 10.6 Å². The minimum absolute atomic E-state index is 0.0102. The number of hydrogen-bond acceptors (Lipinski definition) is 3. The van der Waals surface area contributed by atoms with Crippen LogP contribution in [0, 0.1) is 0 Å². The highest BCUT2D eigenvalue weighted by atomic mass is 32.2. The summed E-state index contributed by atoms with van der Waals surface area (Å²) in [6.07, 6.45) is 4.24. The first-order valence-corrected chi connectivity index (χ1v) is 12.0. The summed E-state index contributed by atoms with van der Waals surface area (Å²) in [6.45, 7) is 2.06. The van der Waals surface area contributed by atoms with Gasteiger partial charge >= 0.3 is 0 Å². The van der Waals surface area contributed by atoms with Gasteiger partial charge in [-0.25, -0.2) is 0 Å². The van der Waals surface area contributed by atoms with Crippen molar-refractivity contribution in [3.8, 4) is 0 Å². The van der Waals surface area contributed by atoms with Crippen molar-refractivity contribution < 1.29 is 9.59 Å². The summed E-state index contributed by atoms with van der Waals surface area (Å²) in [5.41, 5.74) is 3.38. The van der Waals surface area contributed by atoms with Crippen LogP contribution >= 0.6 is 11.8 Å². The van der Waals surface area contributed by atoms with E-state index in [1.807, 2.05) is 85.1 Å². The summed E-state index contributed by atoms with van der Waals surface area (Å²) in [4.78, 5) is 29.6. The Bertz CT molecular complexity index is 1240. The molecule has 0 aliphatic rings. The fourth-order valence-corrected chi connectivity index (χ4v) is 4.66. The van der Waals surface area contributed by atoms with Gasteiger partial charge in [-0.3, -0.25) is 9.59 Å². The Labute approximate surface area is 198 Å². The summed E-state index contributed by atoms with van der Waals surface area (Å²) < 4.78 is 0. The van der Waals surface area contributed by atoms with E-state index in [0.29, 0.717) is 6.42 Å². The molecule has 168 valence electrons. The Kier molecular flexibility index (Phi) is 7.47. The number of fused-ring (bicyclic) bond motifs is 1. The van der Waals surface area contributed by atoms with Crippen molar-refractivity contribution in [2.45, 2.75) is 36.3 Å². The van der Waals surface area contributed by atoms with Crippen LogP contribution in [0.3, 0.4) is 0 Å². The zero-order chi connectivity index (χ0) is 23.0. The summed E-state index contributed by atoms with van der Waals surface area (Å²) in [6, 6.07) is 25.2. The molecule has 3 aromatic carbocycles. The van der Waals surface area contributed by atoms with Gasteiger partial charge in [0, 0.05) is 34.4 Å². The maximum Gasteiger partial charge on any atom is 0.242 e. The third-order valence-corrected chi connectivity index (χ3v) is 6.54. The number of aromatic amines is 1. The Morgan fingerprint density at radius 1 is 0.909 bits per heavy atom. The molecule has 0 radical (unpaired) electrons. The average molecular weight is 458 g/mol. The number of thioether (sulfide) groups is 1. The molecule has 0 saturated heterocycles. The SMILES string of the molecule is CCCCC(=O)Nc1cccc(SC(C(=O)Nc2ccc3cc[nH]c3c2)c2ccccc2)c1. The first-order valence-electron chi connectivity index (χ1n) is 11.1. The van der Waals surface area contributed by atoms with Gasteiger partial charge in [0.2, 0.25) is 11.8 Å². The highest BCUT2D eigenvalue weighted by Crippen LogP contribution is 2.37. The van der Waals surface area contributed by atoms with Crippen molar-refractivity contribution in [1.82, 2.24) is 4.98 Å². The summed E-state index contributed by atoms with van der Waals surface area (Å²) >= 11 is 1.46. The number of benzene rings is 3. The van der Waals surface area contributed by atoms with Gasteiger partial charge in [-0.15, -0.1) is 11.8 Å². The standard InChI is InChI=1S/C27H27N3O2S/c1-2-3-12-25(31)29-21-10-7-11-23(17-21)33-26(20-8-5-4-6-9-20)27(32)30-22-14-13-19-15-16-28-24(19)18-22/h4-11,13-18,26,28H,2-3,12H2,1H3,(H,29,31)(H,30,32). The number of carbonyl (C=O) groups is 2. The molecule has 2 amide bonds. The molecule has 33 heavy (non-hydrogen) atoms. The van der Waals surface area contributed by atoms with E-state index in [9.17, 15) is 9.59 Å². The third kappa shape index (κ3) is 6.05. The van der Waals surface area contributed by atoms with E-state index in [4.69, 9.17) is 0 Å². The molecule has 0 spiro atoms. The zero-order valence-corrected chi connectivity index (χ0v) is 19.3. The van der Waals surface area contributed by atoms with Crippen molar-refractivity contribution in [1.29, 1.82) is 0 Å². The average Bonchev–Trinajstić information content (AvgIpc) is 3.30. The van der Waals surface area contributed by atoms with Crippen LogP contribution in [-0.4, -0.2) is 16.8 Å². The summed E-state index contributed by atoms with van der Waals surface area (Å²) in [5, 5.41) is 6.67. The number of aromatic nitrogens is 1. The summed E-state index contributed by atoms with van der Waals surface area (Å²) in [7, 11) is 0. The molecule has 4 aromatic rings. The first kappa shape index (κ1) is 22.7. The van der Waals surface area contributed by atoms with Gasteiger partial charge in [-0.1, -0.05) is 55.8 Å². The molecular weight excluding hydrogens is 430 g/mol. The topological polar surface area (TPSA) is 74.0 Å². The number of anilines is 2. The van der Waals surface area contributed by atoms with Gasteiger partial charge < -0.3 is 15.6 Å². The number of rotatable bonds is 9. The van der Waals surface area contributed by atoms with Crippen LogP contribution in [0.4, 0.5) is 11.4 Å². The molecule has 5 nitrogen and oxygen atoms in total. The highest BCUT2D eigenvalue weighted by molar-refractivity contribution is 8.00. The van der Waals surface area contributed by atoms with Gasteiger partial charge in [0.15, 0.2) is 0 Å². The van der Waals surface area contributed by atoms with Gasteiger partial charge in [-0.05, 0) is 53.8 Å². The normalized spacial score (nSPS) is 11.8. The fourth-order valence-electron chi connectivity index (χ4n) is 3.58. The van der Waals surface area contributed by atoms with Crippen LogP contribution in [-0.2, 0) is 9.59 Å². The minimum atomic E-state index is -0.448. The number of hydrogen-bond donors (Lipinski definition) is 3. The van der Waals surface area contributed by atoms with Crippen molar-refractivity contribution >= 4 is 45.9 Å². The van der Waals surface area contributed by atoms with Gasteiger partial charge in [0.25, 0.3) is 0 Å². The summed E-state index contributed by atoms with van der Waals surface area (Å²) in [5.74, 6) is -0.0921. The smallest absolute Gasteiger partial charge is 0.242 e. The molecular formula is C27H27N3O2S. The molecule has 0 bridgehead atoms. The molecule has 0 fully saturated rings. The molecule has 0 aliphatic carbocycles. The van der Waals surface area contributed by atoms with Crippen LogP contribution < -0.4 is 10.6 Å². The third-order valence-electron chi connectivity index (χ3n) is 5.29. The predicted octanol–water partition coefficient (Wildman–Crippen LogP) is 6.77. The van der Waals surface area contributed by atoms with E-state index < -0.39 is 5.25 Å². The van der Waals surface area contributed by atoms with E-state index >= 15 is 0 Å². The Morgan fingerprint density at radius 2 is 1.73 bits per heavy atom. The Balaban J connectivity index is 1.53. The number of nitrogens with one attached hydrogen (secondary N) is 3. The highest BCUT2D eigenvalue weighted by Gasteiger charge is 2.22. The Morgan fingerprint density at radius 3 is 2.55 bits per heavy atom. The molecule has 0 saturated carbocycles. The van der Waals surface area contributed by atoms with Crippen LogP contribution in [0.1, 0.15) is 37.0 Å². The molecule has 1 atom stereocenters. The van der Waals surface area contributed by atoms with E-state index in [-0.39, 0.29) is 11.8 Å². The lowest BCUT2D eigenvalue weighted by atomic mass is 10.1. The number of unbranched alkanes of at least 4 members (excludes halogenated alkanes) is 1. The van der Waals surface area contributed by atoms with E-state index in [2.05, 4.69) is 22.5 Å². The number of amides is 2. The quantitative estimate of drug-likeness (QED) is 0.243. The van der Waals surface area contributed by atoms with Gasteiger partial charge in [-0.2, -0.15) is 0 Å². The maximum absolute atomic E-state index is 13.4. The van der Waals surface area contributed by atoms with Crippen LogP contribution in [0.25, 0.3) is 10.9 Å². The zero-order valence-electron chi connectivity index (χ0n) is 18.5. The van der Waals surface area contributed by atoms with Crippen molar-refractivity contribution in [3.05, 3.63) is 90.6 Å². The predicted molar refractivity (Wildman–Crippen MR) is 137 cm³/mol. The first-order chi connectivity index (χ1) is 16.1. The van der Waals surface area contributed by atoms with Crippen LogP contribution in [0.15, 0.2) is 90.0 Å². The van der Waals surface area contributed by atoms with Crippen LogP contribution in [0.5, 0.6) is 0 Å². The number of H-pyrrole nitrogens is 1. The van der Waals surface area contributed by atoms with E-state index in [0.717, 1.165) is 45.6 Å². The van der Waals surface area contributed by atoms with Crippen molar-refractivity contribution in [3.63, 3.8) is 0 Å². The number of carbonyl (C=O) groups excluding carboxylic acids is 2. The minimum Gasteiger partial charge on any atom is -0.361 e. The van der Waals surface area contributed by atoms with Crippen molar-refractivity contribution in [2.24, 2.45) is 0 Å². The van der Waals surface area contributed by atoms with E-state index in [1.165, 1.54) is 11.8 Å². The molecule has 1 unspecified atom stereocenters. The maximum atomic E-state index is 13.4. The molecule has 1 aromatic heterocycles. The molecule has 4 rings (SSSR count). The second-order valence-corrected chi connectivity index (χ2v) is 9.04. The lowest BCUT2D eigenvalue weighted by Gasteiger charge is -2.18. The fraction of sp³-hybridized carbons (Fsp3) is 0.185. The molecule has 1 heterocycles. The van der Waals surface area contributed by atoms with Gasteiger partial charge in [0.1, 0.15) is 5.25 Å². The lowest BCUT2D eigenvalue weighted by molar-refractivity contribution is -0.116. The second kappa shape index (κ2) is 10.9. The Hall–Kier alpha value is -3.51.